The zero-order valence-electron chi connectivity index (χ0n) is 41.1. The Morgan fingerprint density at radius 2 is 0.662 bits per heavy atom. The van der Waals surface area contributed by atoms with Crippen LogP contribution in [0.3, 0.4) is 0 Å². The van der Waals surface area contributed by atoms with E-state index in [1.54, 1.807) is 0 Å². The molecular formula is C71H38N6. The molecule has 18 aromatic rings. The third-order valence-electron chi connectivity index (χ3n) is 17.0. The van der Waals surface area contributed by atoms with Crippen LogP contribution in [-0.2, 0) is 0 Å². The number of aromatic nitrogens is 5. The van der Waals surface area contributed by atoms with Crippen LogP contribution in [-0.4, -0.2) is 23.7 Å². The largest absolute Gasteiger partial charge is 0.308 e. The number of rotatable bonds is 5. The second kappa shape index (κ2) is 14.8. The molecule has 0 fully saturated rings. The van der Waals surface area contributed by atoms with Crippen LogP contribution in [0.25, 0.3) is 170 Å². The molecule has 0 amide bonds. The number of hydrogen-bond donors (Lipinski definition) is 0. The molecule has 0 N–H and O–H groups in total. The zero-order chi connectivity index (χ0) is 50.2. The Balaban J connectivity index is 1.17. The van der Waals surface area contributed by atoms with Gasteiger partial charge >= 0.3 is 0 Å². The normalized spacial score (nSPS) is 12.4. The molecule has 77 heavy (non-hydrogen) atoms. The molecule has 352 valence electrons. The third-order valence-corrected chi connectivity index (χ3v) is 17.0. The predicted molar refractivity (Wildman–Crippen MR) is 319 cm³/mol. The minimum absolute atomic E-state index is 0.531. The first kappa shape index (κ1) is 40.8. The van der Waals surface area contributed by atoms with Gasteiger partial charge in [0.25, 0.3) is 0 Å². The minimum atomic E-state index is 0.531. The van der Waals surface area contributed by atoms with Crippen LogP contribution < -0.4 is 0 Å². The molecule has 6 nitrogen and oxygen atoms in total. The molecule has 13 aromatic carbocycles. The molecule has 0 aliphatic carbocycles. The summed E-state index contributed by atoms with van der Waals surface area (Å²) in [4.78, 5) is 10.5. The van der Waals surface area contributed by atoms with E-state index in [-0.39, 0.29) is 0 Å². The van der Waals surface area contributed by atoms with E-state index in [1.165, 1.54) is 43.1 Å². The topological polar surface area (TPSA) is 64.4 Å². The Labute approximate surface area is 438 Å². The highest BCUT2D eigenvalue weighted by Gasteiger charge is 2.35. The molecule has 0 aliphatic rings. The van der Waals surface area contributed by atoms with Gasteiger partial charge in [-0.15, -0.1) is 0 Å². The number of hydrogen-bond acceptors (Lipinski definition) is 3. The Bertz CT molecular complexity index is 5070. The molecule has 5 heterocycles. The Hall–Kier alpha value is -10.6. The first-order valence-corrected chi connectivity index (χ1v) is 26.2. The summed E-state index contributed by atoms with van der Waals surface area (Å²) >= 11 is 0. The number of fused-ring (bicyclic) bond motifs is 9. The van der Waals surface area contributed by atoms with Crippen molar-refractivity contribution in [2.24, 2.45) is 0 Å². The van der Waals surface area contributed by atoms with Gasteiger partial charge in [-0.1, -0.05) is 176 Å². The van der Waals surface area contributed by atoms with Crippen LogP contribution in [0.2, 0.25) is 0 Å². The van der Waals surface area contributed by atoms with E-state index in [1.807, 2.05) is 18.5 Å². The van der Waals surface area contributed by atoms with Gasteiger partial charge in [-0.05, 0) is 102 Å². The molecule has 0 bridgehead atoms. The van der Waals surface area contributed by atoms with E-state index in [0.29, 0.717) is 5.56 Å². The summed E-state index contributed by atoms with van der Waals surface area (Å²) in [5.41, 5.74) is 13.8. The van der Waals surface area contributed by atoms with Crippen molar-refractivity contribution < 1.29 is 0 Å². The van der Waals surface area contributed by atoms with Crippen LogP contribution in [0.1, 0.15) is 5.56 Å². The summed E-state index contributed by atoms with van der Waals surface area (Å²) in [5, 5.41) is 32.4. The maximum Gasteiger partial charge on any atom is 0.146 e. The number of nitriles is 1. The molecule has 0 spiro atoms. The van der Waals surface area contributed by atoms with Gasteiger partial charge in [0.05, 0.1) is 50.2 Å². The summed E-state index contributed by atoms with van der Waals surface area (Å²) < 4.78 is 7.29. The second-order valence-electron chi connectivity index (χ2n) is 20.6. The van der Waals surface area contributed by atoms with E-state index >= 15 is 0 Å². The summed E-state index contributed by atoms with van der Waals surface area (Å²) in [6, 6.07) is 82.0. The first-order valence-electron chi connectivity index (χ1n) is 26.2. The van der Waals surface area contributed by atoms with E-state index in [9.17, 15) is 5.26 Å². The second-order valence-corrected chi connectivity index (χ2v) is 20.6. The molecule has 0 atom stereocenters. The first-order chi connectivity index (χ1) is 38.3. The number of pyridine rings is 2. The lowest BCUT2D eigenvalue weighted by molar-refractivity contribution is 1.08. The van der Waals surface area contributed by atoms with Crippen molar-refractivity contribution in [1.29, 1.82) is 5.26 Å². The van der Waals surface area contributed by atoms with Gasteiger partial charge in [0, 0.05) is 66.6 Å². The summed E-state index contributed by atoms with van der Waals surface area (Å²) in [7, 11) is 0. The molecule has 0 saturated heterocycles. The monoisotopic (exact) mass is 974 g/mol. The fourth-order valence-electron chi connectivity index (χ4n) is 14.2. The number of benzene rings is 13. The van der Waals surface area contributed by atoms with Gasteiger partial charge in [-0.3, -0.25) is 9.55 Å². The van der Waals surface area contributed by atoms with Gasteiger partial charge in [0.15, 0.2) is 0 Å². The highest BCUT2D eigenvalue weighted by atomic mass is 15.1. The standard InChI is InChI=1S/C71H38N6/c72-39-53-68(75-54-31-14-28-49-51-30-16-37-73-67(51)52-29-15-34-57(75)65(52)63(49)54)59(40-17-3-1-4-18-40)70(76-55-32-11-25-46-42-21-7-8-22-43(42)47-26-12-33-56(76)62(47)61(46)55)60(41-19-5-2-6-20-41)69(53)77-58-35-13-27-48-44-23-9-10-24-45(44)50-36-38-74-71(77)66(50)64(48)58/h1-38H. The summed E-state index contributed by atoms with van der Waals surface area (Å²) in [5.74, 6) is 0. The van der Waals surface area contributed by atoms with Gasteiger partial charge < -0.3 is 9.13 Å². The van der Waals surface area contributed by atoms with Crippen LogP contribution in [0, 0.1) is 11.3 Å². The smallest absolute Gasteiger partial charge is 0.146 e. The molecule has 18 rings (SSSR count). The molecule has 0 saturated carbocycles. The maximum atomic E-state index is 12.8. The van der Waals surface area contributed by atoms with Crippen LogP contribution >= 0.6 is 0 Å². The van der Waals surface area contributed by atoms with Crippen molar-refractivity contribution in [3.05, 3.63) is 236 Å². The fraction of sp³-hybridized carbons (Fsp3) is 0. The molecule has 0 radical (unpaired) electrons. The predicted octanol–water partition coefficient (Wildman–Crippen LogP) is 18.2. The maximum absolute atomic E-state index is 12.8. The molecule has 5 aromatic heterocycles. The third kappa shape index (κ3) is 5.04. The average Bonchev–Trinajstić information content (AvgIpc) is 4.32. The highest BCUT2D eigenvalue weighted by molar-refractivity contribution is 6.37. The Morgan fingerprint density at radius 1 is 0.286 bits per heavy atom. The Kier molecular flexibility index (Phi) is 7.84. The van der Waals surface area contributed by atoms with Crippen molar-refractivity contribution in [1.82, 2.24) is 23.7 Å². The van der Waals surface area contributed by atoms with Crippen LogP contribution in [0.4, 0.5) is 0 Å². The molecule has 6 heteroatoms. The van der Waals surface area contributed by atoms with Crippen LogP contribution in [0.15, 0.2) is 231 Å². The van der Waals surface area contributed by atoms with Gasteiger partial charge in [0.1, 0.15) is 17.3 Å². The molecule has 0 unspecified atom stereocenters. The van der Waals surface area contributed by atoms with E-state index < -0.39 is 0 Å². The summed E-state index contributed by atoms with van der Waals surface area (Å²) in [6.45, 7) is 0. The summed E-state index contributed by atoms with van der Waals surface area (Å²) in [6.07, 6.45) is 3.84. The molecule has 0 aliphatic heterocycles. The van der Waals surface area contributed by atoms with Crippen LogP contribution in [0.5, 0.6) is 0 Å². The molecular weight excluding hydrogens is 937 g/mol. The zero-order valence-corrected chi connectivity index (χ0v) is 41.1. The van der Waals surface area contributed by atoms with Gasteiger partial charge in [-0.2, -0.15) is 5.26 Å². The van der Waals surface area contributed by atoms with Crippen molar-refractivity contribution in [3.63, 3.8) is 0 Å². The minimum Gasteiger partial charge on any atom is -0.308 e. The van der Waals surface area contributed by atoms with Gasteiger partial charge in [0.2, 0.25) is 0 Å². The van der Waals surface area contributed by atoms with Crippen molar-refractivity contribution in [2.75, 3.05) is 0 Å². The van der Waals surface area contributed by atoms with Crippen molar-refractivity contribution >= 4 is 130 Å². The Morgan fingerprint density at radius 3 is 1.17 bits per heavy atom. The highest BCUT2D eigenvalue weighted by Crippen LogP contribution is 2.55. The fourth-order valence-corrected chi connectivity index (χ4v) is 14.2. The quantitative estimate of drug-likeness (QED) is 0.161. The van der Waals surface area contributed by atoms with E-state index in [4.69, 9.17) is 9.97 Å². The lowest BCUT2D eigenvalue weighted by atomic mass is 9.88. The van der Waals surface area contributed by atoms with Crippen molar-refractivity contribution in [3.8, 4) is 45.4 Å². The van der Waals surface area contributed by atoms with Gasteiger partial charge in [-0.25, -0.2) is 4.98 Å². The lowest BCUT2D eigenvalue weighted by Crippen LogP contribution is -2.13. The SMILES string of the molecule is N#Cc1c(-n2c3cccc4c5cccnc5c5cccc2c5c43)c(-c2ccccc2)c(-n2c3cccc4c5ccccc5c5cccc2c5c43)c(-c2ccccc2)c1-n1c2cccc3c4ccccc4c4ccnc1c4c32. The number of nitrogens with zero attached hydrogens (tertiary/aromatic N) is 6. The lowest BCUT2D eigenvalue weighted by Gasteiger charge is -2.28. The van der Waals surface area contributed by atoms with E-state index in [2.05, 4.69) is 232 Å². The average molecular weight is 975 g/mol. The van der Waals surface area contributed by atoms with E-state index in [0.717, 1.165) is 127 Å². The van der Waals surface area contributed by atoms with Crippen molar-refractivity contribution in [2.45, 2.75) is 0 Å².